The van der Waals surface area contributed by atoms with E-state index in [9.17, 15) is 4.79 Å². The lowest BCUT2D eigenvalue weighted by Crippen LogP contribution is -2.39. The SMILES string of the molecule is CN1CC2(CC2)Oc2c[nH]c(C(=O)O)c21. The fourth-order valence-corrected chi connectivity index (χ4v) is 2.19. The molecule has 1 saturated carbocycles. The summed E-state index contributed by atoms with van der Waals surface area (Å²) in [4.78, 5) is 15.7. The van der Waals surface area contributed by atoms with E-state index in [0.717, 1.165) is 19.4 Å². The highest BCUT2D eigenvalue weighted by Gasteiger charge is 2.50. The molecule has 0 saturated heterocycles. The molecule has 1 aliphatic heterocycles. The first-order chi connectivity index (χ1) is 7.11. The van der Waals surface area contributed by atoms with E-state index in [1.165, 1.54) is 0 Å². The van der Waals surface area contributed by atoms with Crippen LogP contribution in [0.3, 0.4) is 0 Å². The smallest absolute Gasteiger partial charge is 0.354 e. The van der Waals surface area contributed by atoms with Crippen LogP contribution in [-0.4, -0.2) is 35.3 Å². The first-order valence-electron chi connectivity index (χ1n) is 4.96. The van der Waals surface area contributed by atoms with Crippen LogP contribution in [0.4, 0.5) is 5.69 Å². The van der Waals surface area contributed by atoms with E-state index in [1.807, 2.05) is 11.9 Å². The van der Waals surface area contributed by atoms with E-state index in [4.69, 9.17) is 9.84 Å². The average molecular weight is 208 g/mol. The Bertz CT molecular complexity index is 434. The van der Waals surface area contributed by atoms with Crippen molar-refractivity contribution in [2.75, 3.05) is 18.5 Å². The summed E-state index contributed by atoms with van der Waals surface area (Å²) in [5.74, 6) is -0.280. The van der Waals surface area contributed by atoms with Gasteiger partial charge in [0.15, 0.2) is 11.4 Å². The Morgan fingerprint density at radius 3 is 3.00 bits per heavy atom. The molecule has 5 heteroatoms. The highest BCUT2D eigenvalue weighted by molar-refractivity contribution is 5.94. The molecule has 5 nitrogen and oxygen atoms in total. The van der Waals surface area contributed by atoms with E-state index >= 15 is 0 Å². The van der Waals surface area contributed by atoms with Gasteiger partial charge in [-0.3, -0.25) is 0 Å². The molecular formula is C10H12N2O3. The van der Waals surface area contributed by atoms with Gasteiger partial charge in [-0.25, -0.2) is 4.79 Å². The summed E-state index contributed by atoms with van der Waals surface area (Å²) in [7, 11) is 1.90. The number of nitrogens with zero attached hydrogens (tertiary/aromatic N) is 1. The topological polar surface area (TPSA) is 65.6 Å². The lowest BCUT2D eigenvalue weighted by atomic mass is 10.2. The third-order valence-electron chi connectivity index (χ3n) is 3.07. The van der Waals surface area contributed by atoms with Crippen molar-refractivity contribution in [1.29, 1.82) is 0 Å². The first-order valence-corrected chi connectivity index (χ1v) is 4.96. The van der Waals surface area contributed by atoms with Crippen molar-refractivity contribution >= 4 is 11.7 Å². The van der Waals surface area contributed by atoms with E-state index < -0.39 is 5.97 Å². The maximum atomic E-state index is 10.9. The minimum absolute atomic E-state index is 0.0419. The van der Waals surface area contributed by atoms with E-state index in [-0.39, 0.29) is 11.3 Å². The number of carboxylic acid groups (broad SMARTS) is 1. The Morgan fingerprint density at radius 1 is 1.67 bits per heavy atom. The molecule has 2 aliphatic rings. The van der Waals surface area contributed by atoms with Gasteiger partial charge in [0, 0.05) is 13.2 Å². The molecule has 0 atom stereocenters. The Kier molecular flexibility index (Phi) is 1.43. The normalized spacial score (nSPS) is 21.0. The Labute approximate surface area is 86.6 Å². The molecule has 0 amide bonds. The van der Waals surface area contributed by atoms with Gasteiger partial charge in [0.1, 0.15) is 11.3 Å². The molecule has 0 radical (unpaired) electrons. The van der Waals surface area contributed by atoms with Crippen molar-refractivity contribution in [2.45, 2.75) is 18.4 Å². The number of ether oxygens (including phenoxy) is 1. The zero-order chi connectivity index (χ0) is 10.6. The molecule has 1 aliphatic carbocycles. The number of carboxylic acids is 1. The number of hydrogen-bond donors (Lipinski definition) is 2. The number of anilines is 1. The predicted molar refractivity (Wildman–Crippen MR) is 53.6 cm³/mol. The van der Waals surface area contributed by atoms with Crippen LogP contribution < -0.4 is 9.64 Å². The molecule has 0 unspecified atom stereocenters. The molecule has 2 heterocycles. The van der Waals surface area contributed by atoms with Gasteiger partial charge in [0.2, 0.25) is 0 Å². The van der Waals surface area contributed by atoms with Crippen LogP contribution in [0.2, 0.25) is 0 Å². The molecular weight excluding hydrogens is 196 g/mol. The van der Waals surface area contributed by atoms with Gasteiger partial charge in [0.05, 0.1) is 6.54 Å². The number of fused-ring (bicyclic) bond motifs is 1. The lowest BCUT2D eigenvalue weighted by molar-refractivity contribution is 0.0690. The highest BCUT2D eigenvalue weighted by atomic mass is 16.5. The summed E-state index contributed by atoms with van der Waals surface area (Å²) in [6.45, 7) is 0.776. The van der Waals surface area contributed by atoms with Crippen LogP contribution in [0.1, 0.15) is 23.3 Å². The summed E-state index contributed by atoms with van der Waals surface area (Å²) in [5.41, 5.74) is 0.836. The summed E-state index contributed by atoms with van der Waals surface area (Å²) in [6, 6.07) is 0. The number of aromatic amines is 1. The second-order valence-electron chi connectivity index (χ2n) is 4.32. The molecule has 3 rings (SSSR count). The third kappa shape index (κ3) is 1.12. The number of hydrogen-bond acceptors (Lipinski definition) is 3. The van der Waals surface area contributed by atoms with E-state index in [0.29, 0.717) is 11.4 Å². The van der Waals surface area contributed by atoms with Gasteiger partial charge in [0.25, 0.3) is 0 Å². The fraction of sp³-hybridized carbons (Fsp3) is 0.500. The summed E-state index contributed by atoms with van der Waals surface area (Å²) in [5, 5.41) is 8.98. The van der Waals surface area contributed by atoms with Crippen LogP contribution in [0.25, 0.3) is 0 Å². The zero-order valence-electron chi connectivity index (χ0n) is 8.41. The monoisotopic (exact) mass is 208 g/mol. The van der Waals surface area contributed by atoms with E-state index in [1.54, 1.807) is 6.20 Å². The van der Waals surface area contributed by atoms with Crippen LogP contribution in [0.5, 0.6) is 5.75 Å². The van der Waals surface area contributed by atoms with Crippen molar-refractivity contribution in [2.24, 2.45) is 0 Å². The predicted octanol–water partition coefficient (Wildman–Crippen LogP) is 1.07. The van der Waals surface area contributed by atoms with Crippen LogP contribution in [-0.2, 0) is 0 Å². The average Bonchev–Trinajstić information content (AvgIpc) is 2.76. The van der Waals surface area contributed by atoms with Crippen LogP contribution in [0, 0.1) is 0 Å². The van der Waals surface area contributed by atoms with Gasteiger partial charge in [-0.1, -0.05) is 0 Å². The summed E-state index contributed by atoms with van der Waals surface area (Å²) in [6.07, 6.45) is 3.75. The molecule has 0 bridgehead atoms. The van der Waals surface area contributed by atoms with Gasteiger partial charge < -0.3 is 19.7 Å². The maximum Gasteiger partial charge on any atom is 0.354 e. The highest BCUT2D eigenvalue weighted by Crippen LogP contribution is 2.48. The second kappa shape index (κ2) is 2.48. The number of nitrogens with one attached hydrogen (secondary N) is 1. The molecule has 80 valence electrons. The zero-order valence-corrected chi connectivity index (χ0v) is 8.41. The van der Waals surface area contributed by atoms with E-state index in [2.05, 4.69) is 4.98 Å². The number of H-pyrrole nitrogens is 1. The van der Waals surface area contributed by atoms with Gasteiger partial charge in [-0.2, -0.15) is 0 Å². The van der Waals surface area contributed by atoms with Crippen molar-refractivity contribution in [3.8, 4) is 5.75 Å². The molecule has 15 heavy (non-hydrogen) atoms. The largest absolute Gasteiger partial charge is 0.482 e. The number of rotatable bonds is 1. The van der Waals surface area contributed by atoms with Crippen LogP contribution >= 0.6 is 0 Å². The molecule has 1 fully saturated rings. The number of carbonyl (C=O) groups is 1. The maximum absolute atomic E-state index is 10.9. The third-order valence-corrected chi connectivity index (χ3v) is 3.07. The van der Waals surface area contributed by atoms with Gasteiger partial charge >= 0.3 is 5.97 Å². The quantitative estimate of drug-likeness (QED) is 0.724. The van der Waals surface area contributed by atoms with Crippen molar-refractivity contribution < 1.29 is 14.6 Å². The summed E-state index contributed by atoms with van der Waals surface area (Å²) >= 11 is 0. The lowest BCUT2D eigenvalue weighted by Gasteiger charge is -2.32. The molecule has 1 spiro atoms. The molecule has 2 N–H and O–H groups in total. The van der Waals surface area contributed by atoms with Crippen molar-refractivity contribution in [3.05, 3.63) is 11.9 Å². The Balaban J connectivity index is 2.06. The fourth-order valence-electron chi connectivity index (χ4n) is 2.19. The van der Waals surface area contributed by atoms with Crippen molar-refractivity contribution in [1.82, 2.24) is 4.98 Å². The molecule has 1 aromatic rings. The number of likely N-dealkylation sites (N-methyl/N-ethyl adjacent to an activating group) is 1. The minimum Gasteiger partial charge on any atom is -0.482 e. The second-order valence-corrected chi connectivity index (χ2v) is 4.32. The molecule has 0 aromatic carbocycles. The first kappa shape index (κ1) is 8.64. The number of aromatic nitrogens is 1. The number of aromatic carboxylic acids is 1. The standard InChI is InChI=1S/C10H12N2O3/c1-12-5-10(2-3-10)15-6-4-11-7(8(6)12)9(13)14/h4,11H,2-3,5H2,1H3,(H,13,14). The van der Waals surface area contributed by atoms with Gasteiger partial charge in [-0.15, -0.1) is 0 Å². The summed E-state index contributed by atoms with van der Waals surface area (Å²) < 4.78 is 5.80. The minimum atomic E-state index is -0.946. The molecule has 1 aromatic heterocycles. The Hall–Kier alpha value is -1.65. The van der Waals surface area contributed by atoms with Crippen molar-refractivity contribution in [3.63, 3.8) is 0 Å². The van der Waals surface area contributed by atoms with Gasteiger partial charge in [-0.05, 0) is 12.8 Å². The van der Waals surface area contributed by atoms with Crippen LogP contribution in [0.15, 0.2) is 6.20 Å². The Morgan fingerprint density at radius 2 is 2.40 bits per heavy atom.